The number of aromatic nitrogens is 4. The van der Waals surface area contributed by atoms with Crippen LogP contribution in [-0.2, 0) is 0 Å². The van der Waals surface area contributed by atoms with Crippen molar-refractivity contribution in [2.45, 2.75) is 0 Å². The molecule has 0 aliphatic carbocycles. The predicted molar refractivity (Wildman–Crippen MR) is 98.1 cm³/mol. The zero-order chi connectivity index (χ0) is 15.8. The van der Waals surface area contributed by atoms with Crippen molar-refractivity contribution in [3.8, 4) is 22.5 Å². The minimum Gasteiger partial charge on any atom is -0.353 e. The van der Waals surface area contributed by atoms with Gasteiger partial charge in [-0.2, -0.15) is 5.10 Å². The van der Waals surface area contributed by atoms with Crippen LogP contribution in [-0.4, -0.2) is 20.2 Å². The number of nitrogens with zero attached hydrogens (tertiary/aromatic N) is 2. The van der Waals surface area contributed by atoms with E-state index in [1.54, 1.807) is 18.5 Å². The van der Waals surface area contributed by atoms with Crippen molar-refractivity contribution < 1.29 is 0 Å². The second-order valence-electron chi connectivity index (χ2n) is 5.09. The maximum absolute atomic E-state index is 12.3. The predicted octanol–water partition coefficient (Wildman–Crippen LogP) is 3.58. The van der Waals surface area contributed by atoms with Crippen molar-refractivity contribution in [1.82, 2.24) is 20.2 Å². The third-order valence-electron chi connectivity index (χ3n) is 3.69. The maximum Gasteiger partial charge on any atom is 0.273 e. The summed E-state index contributed by atoms with van der Waals surface area (Å²) in [4.78, 5) is 19.6. The van der Waals surface area contributed by atoms with Gasteiger partial charge in [0, 0.05) is 32.4 Å². The summed E-state index contributed by atoms with van der Waals surface area (Å²) in [6, 6.07) is 13.5. The monoisotopic (exact) mass is 414 g/mol. The van der Waals surface area contributed by atoms with Crippen LogP contribution in [0.25, 0.3) is 33.4 Å². The van der Waals surface area contributed by atoms with E-state index in [0.29, 0.717) is 11.3 Å². The van der Waals surface area contributed by atoms with Crippen LogP contribution in [0, 0.1) is 3.57 Å². The molecule has 6 heteroatoms. The number of rotatable bonds is 2. The molecular weight excluding hydrogens is 403 g/mol. The molecule has 112 valence electrons. The molecule has 1 aromatic carbocycles. The maximum atomic E-state index is 12.3. The Balaban J connectivity index is 1.94. The molecule has 0 radical (unpaired) electrons. The Labute approximate surface area is 144 Å². The summed E-state index contributed by atoms with van der Waals surface area (Å²) < 4.78 is 1.02. The lowest BCUT2D eigenvalue weighted by Gasteiger charge is -2.03. The minimum atomic E-state index is -0.215. The van der Waals surface area contributed by atoms with Crippen molar-refractivity contribution in [3.05, 3.63) is 68.8 Å². The lowest BCUT2D eigenvalue weighted by molar-refractivity contribution is 0.995. The van der Waals surface area contributed by atoms with Crippen molar-refractivity contribution in [2.24, 2.45) is 0 Å². The van der Waals surface area contributed by atoms with Gasteiger partial charge in [-0.3, -0.25) is 9.78 Å². The number of pyridine rings is 1. The van der Waals surface area contributed by atoms with Crippen LogP contribution in [0.1, 0.15) is 0 Å². The Morgan fingerprint density at radius 2 is 1.83 bits per heavy atom. The van der Waals surface area contributed by atoms with Crippen LogP contribution in [0.4, 0.5) is 0 Å². The van der Waals surface area contributed by atoms with E-state index in [9.17, 15) is 4.79 Å². The molecular formula is C17H11IN4O. The summed E-state index contributed by atoms with van der Waals surface area (Å²) in [6.45, 7) is 0. The molecule has 0 spiro atoms. The van der Waals surface area contributed by atoms with Gasteiger partial charge in [-0.05, 0) is 46.9 Å². The van der Waals surface area contributed by atoms with Crippen molar-refractivity contribution >= 4 is 33.5 Å². The molecule has 4 aromatic rings. The van der Waals surface area contributed by atoms with Crippen LogP contribution in [0.15, 0.2) is 59.7 Å². The summed E-state index contributed by atoms with van der Waals surface area (Å²) in [5.74, 6) is 0. The summed E-state index contributed by atoms with van der Waals surface area (Å²) in [5, 5.41) is 7.83. The van der Waals surface area contributed by atoms with E-state index in [4.69, 9.17) is 0 Å². The molecule has 0 bridgehead atoms. The van der Waals surface area contributed by atoms with Crippen LogP contribution in [0.3, 0.4) is 0 Å². The van der Waals surface area contributed by atoms with E-state index < -0.39 is 0 Å². The molecule has 4 rings (SSSR count). The Bertz CT molecular complexity index is 1050. The number of aromatic amines is 2. The second-order valence-corrected chi connectivity index (χ2v) is 6.17. The van der Waals surface area contributed by atoms with Gasteiger partial charge in [0.15, 0.2) is 0 Å². The Hall–Kier alpha value is -2.48. The van der Waals surface area contributed by atoms with E-state index in [2.05, 4.69) is 42.8 Å². The third kappa shape index (κ3) is 2.44. The number of hydrogen-bond donors (Lipinski definition) is 2. The highest BCUT2D eigenvalue weighted by Crippen LogP contribution is 2.30. The highest BCUT2D eigenvalue weighted by molar-refractivity contribution is 14.1. The third-order valence-corrected chi connectivity index (χ3v) is 4.81. The fourth-order valence-electron chi connectivity index (χ4n) is 2.56. The van der Waals surface area contributed by atoms with Gasteiger partial charge in [0.05, 0.1) is 17.0 Å². The lowest BCUT2D eigenvalue weighted by Crippen LogP contribution is -2.12. The fourth-order valence-corrected chi connectivity index (χ4v) is 3.45. The lowest BCUT2D eigenvalue weighted by atomic mass is 10.1. The van der Waals surface area contributed by atoms with Gasteiger partial charge in [-0.15, -0.1) is 0 Å². The zero-order valence-corrected chi connectivity index (χ0v) is 14.0. The Morgan fingerprint density at radius 1 is 1.04 bits per heavy atom. The number of para-hydroxylation sites is 1. The molecule has 0 saturated carbocycles. The first-order chi connectivity index (χ1) is 11.2. The summed E-state index contributed by atoms with van der Waals surface area (Å²) >= 11 is 2.27. The Kier molecular flexibility index (Phi) is 3.45. The topological polar surface area (TPSA) is 74.4 Å². The van der Waals surface area contributed by atoms with Crippen LogP contribution in [0.5, 0.6) is 0 Å². The first-order valence-corrected chi connectivity index (χ1v) is 8.08. The zero-order valence-electron chi connectivity index (χ0n) is 11.9. The largest absolute Gasteiger partial charge is 0.353 e. The first-order valence-electron chi connectivity index (χ1n) is 7.01. The molecule has 3 aromatic heterocycles. The SMILES string of the molecule is O=c1[nH]nc(-c2ccncc2)cc1-c1[nH]c2ccccc2c1I. The highest BCUT2D eigenvalue weighted by atomic mass is 127. The number of nitrogens with one attached hydrogen (secondary N) is 2. The molecule has 2 N–H and O–H groups in total. The van der Waals surface area contributed by atoms with Crippen LogP contribution >= 0.6 is 22.6 Å². The standard InChI is InChI=1S/C17H11IN4O/c18-15-11-3-1-2-4-13(11)20-16(15)12-9-14(21-22-17(12)23)10-5-7-19-8-6-10/h1-9,20H,(H,22,23). The first kappa shape index (κ1) is 14.1. The van der Waals surface area contributed by atoms with Gasteiger partial charge in [0.1, 0.15) is 0 Å². The van der Waals surface area contributed by atoms with Gasteiger partial charge in [-0.1, -0.05) is 18.2 Å². The average molecular weight is 414 g/mol. The Morgan fingerprint density at radius 3 is 2.61 bits per heavy atom. The molecule has 0 aliphatic rings. The van der Waals surface area contributed by atoms with Gasteiger partial charge >= 0.3 is 0 Å². The molecule has 5 nitrogen and oxygen atoms in total. The summed E-state index contributed by atoms with van der Waals surface area (Å²) in [6.07, 6.45) is 3.41. The number of halogens is 1. The molecule has 0 amide bonds. The number of benzene rings is 1. The molecule has 3 heterocycles. The number of hydrogen-bond acceptors (Lipinski definition) is 3. The van der Waals surface area contributed by atoms with Gasteiger partial charge in [0.25, 0.3) is 5.56 Å². The second kappa shape index (κ2) is 5.62. The quantitative estimate of drug-likeness (QED) is 0.493. The van der Waals surface area contributed by atoms with Gasteiger partial charge in [-0.25, -0.2) is 5.10 Å². The molecule has 23 heavy (non-hydrogen) atoms. The number of fused-ring (bicyclic) bond motifs is 1. The molecule has 0 atom stereocenters. The van der Waals surface area contributed by atoms with Crippen LogP contribution < -0.4 is 5.56 Å². The van der Waals surface area contributed by atoms with Crippen molar-refractivity contribution in [2.75, 3.05) is 0 Å². The highest BCUT2D eigenvalue weighted by Gasteiger charge is 2.15. The molecule has 0 fully saturated rings. The number of H-pyrrole nitrogens is 2. The average Bonchev–Trinajstić information content (AvgIpc) is 2.93. The van der Waals surface area contributed by atoms with Crippen LogP contribution in [0.2, 0.25) is 0 Å². The van der Waals surface area contributed by atoms with E-state index in [-0.39, 0.29) is 5.56 Å². The van der Waals surface area contributed by atoms with E-state index in [1.807, 2.05) is 36.4 Å². The molecule has 0 aliphatic heterocycles. The summed E-state index contributed by atoms with van der Waals surface area (Å²) in [5.41, 5.74) is 3.79. The van der Waals surface area contributed by atoms with Gasteiger partial charge in [0.2, 0.25) is 0 Å². The van der Waals surface area contributed by atoms with Crippen molar-refractivity contribution in [1.29, 1.82) is 0 Å². The minimum absolute atomic E-state index is 0.215. The van der Waals surface area contributed by atoms with E-state index in [0.717, 1.165) is 25.7 Å². The van der Waals surface area contributed by atoms with Gasteiger partial charge < -0.3 is 4.98 Å². The molecule has 0 unspecified atom stereocenters. The van der Waals surface area contributed by atoms with E-state index in [1.165, 1.54) is 0 Å². The van der Waals surface area contributed by atoms with E-state index >= 15 is 0 Å². The fraction of sp³-hybridized carbons (Fsp3) is 0. The normalized spacial score (nSPS) is 11.0. The molecule has 0 saturated heterocycles. The smallest absolute Gasteiger partial charge is 0.273 e. The van der Waals surface area contributed by atoms with Crippen molar-refractivity contribution in [3.63, 3.8) is 0 Å². The summed E-state index contributed by atoms with van der Waals surface area (Å²) in [7, 11) is 0.